The Labute approximate surface area is 79.6 Å². The van der Waals surface area contributed by atoms with Crippen LogP contribution in [0.4, 0.5) is 0 Å². The number of carbonyl (C=O) groups excluding carboxylic acids is 1. The maximum Gasteiger partial charge on any atom is 0.325 e. The van der Waals surface area contributed by atoms with Crippen molar-refractivity contribution < 1.29 is 14.4 Å². The van der Waals surface area contributed by atoms with Gasteiger partial charge in [0.2, 0.25) is 0 Å². The lowest BCUT2D eigenvalue weighted by Crippen LogP contribution is -2.38. The van der Waals surface area contributed by atoms with E-state index in [2.05, 4.69) is 5.48 Å². The summed E-state index contributed by atoms with van der Waals surface area (Å²) < 4.78 is 4.87. The van der Waals surface area contributed by atoms with E-state index in [1.54, 1.807) is 6.92 Å². The molecule has 78 valence electrons. The molecule has 0 aliphatic heterocycles. The van der Waals surface area contributed by atoms with Gasteiger partial charge < -0.3 is 9.57 Å². The predicted octanol–water partition coefficient (Wildman–Crippen LogP) is 1.26. The minimum Gasteiger partial charge on any atom is -0.465 e. The fraction of sp³-hybridized carbons (Fsp3) is 0.889. The molecule has 1 unspecified atom stereocenters. The van der Waals surface area contributed by atoms with Gasteiger partial charge in [-0.05, 0) is 20.3 Å². The number of hydroxylamine groups is 1. The fourth-order valence-corrected chi connectivity index (χ4v) is 0.940. The zero-order valence-corrected chi connectivity index (χ0v) is 8.63. The Bertz CT molecular complexity index is 139. The summed E-state index contributed by atoms with van der Waals surface area (Å²) in [6, 6.07) is -0.329. The number of carbonyl (C=O) groups is 1. The molecule has 0 saturated heterocycles. The summed E-state index contributed by atoms with van der Waals surface area (Å²) in [5.74, 6) is -0.238. The molecule has 0 aromatic heterocycles. The standard InChI is InChI=1S/C9H19NO3/c1-4-7-8(10-13-6-3)9(11)12-5-2/h8,10H,4-7H2,1-3H3. The third-order valence-corrected chi connectivity index (χ3v) is 1.52. The van der Waals surface area contributed by atoms with E-state index in [-0.39, 0.29) is 12.0 Å². The van der Waals surface area contributed by atoms with Crippen molar-refractivity contribution in [3.8, 4) is 0 Å². The van der Waals surface area contributed by atoms with Gasteiger partial charge in [0.1, 0.15) is 6.04 Å². The zero-order chi connectivity index (χ0) is 10.1. The molecule has 1 atom stereocenters. The molecule has 0 aliphatic carbocycles. The maximum atomic E-state index is 11.3. The second-order valence-electron chi connectivity index (χ2n) is 2.64. The molecule has 0 saturated carbocycles. The van der Waals surface area contributed by atoms with Gasteiger partial charge in [0.15, 0.2) is 0 Å². The first-order valence-corrected chi connectivity index (χ1v) is 4.80. The number of esters is 1. The van der Waals surface area contributed by atoms with E-state index in [1.807, 2.05) is 13.8 Å². The number of hydrogen-bond acceptors (Lipinski definition) is 4. The van der Waals surface area contributed by atoms with Gasteiger partial charge in [0.25, 0.3) is 0 Å². The molecular formula is C9H19NO3. The third-order valence-electron chi connectivity index (χ3n) is 1.52. The fourth-order valence-electron chi connectivity index (χ4n) is 0.940. The van der Waals surface area contributed by atoms with E-state index in [4.69, 9.17) is 9.57 Å². The molecule has 0 bridgehead atoms. The Morgan fingerprint density at radius 3 is 2.46 bits per heavy atom. The molecule has 0 rings (SSSR count). The van der Waals surface area contributed by atoms with Crippen LogP contribution < -0.4 is 5.48 Å². The van der Waals surface area contributed by atoms with E-state index in [1.165, 1.54) is 0 Å². The van der Waals surface area contributed by atoms with E-state index >= 15 is 0 Å². The van der Waals surface area contributed by atoms with Crippen molar-refractivity contribution in [3.05, 3.63) is 0 Å². The molecule has 0 heterocycles. The normalized spacial score (nSPS) is 12.5. The van der Waals surface area contributed by atoms with Crippen LogP contribution in [0.5, 0.6) is 0 Å². The summed E-state index contributed by atoms with van der Waals surface area (Å²) >= 11 is 0. The summed E-state index contributed by atoms with van der Waals surface area (Å²) in [5, 5.41) is 0. The molecular weight excluding hydrogens is 170 g/mol. The highest BCUT2D eigenvalue weighted by molar-refractivity contribution is 5.75. The van der Waals surface area contributed by atoms with Crippen LogP contribution in [0.1, 0.15) is 33.6 Å². The van der Waals surface area contributed by atoms with Crippen LogP contribution in [0.2, 0.25) is 0 Å². The summed E-state index contributed by atoms with van der Waals surface area (Å²) in [6.45, 7) is 6.62. The second-order valence-corrected chi connectivity index (χ2v) is 2.64. The van der Waals surface area contributed by atoms with Gasteiger partial charge in [-0.3, -0.25) is 4.79 Å². The van der Waals surface area contributed by atoms with Gasteiger partial charge in [-0.1, -0.05) is 13.3 Å². The first-order valence-electron chi connectivity index (χ1n) is 4.80. The number of nitrogens with one attached hydrogen (secondary N) is 1. The van der Waals surface area contributed by atoms with Gasteiger partial charge in [-0.25, -0.2) is 0 Å². The first kappa shape index (κ1) is 12.4. The second kappa shape index (κ2) is 8.01. The zero-order valence-electron chi connectivity index (χ0n) is 8.63. The van der Waals surface area contributed by atoms with Gasteiger partial charge >= 0.3 is 5.97 Å². The molecule has 4 nitrogen and oxygen atoms in total. The molecule has 0 aromatic carbocycles. The van der Waals surface area contributed by atoms with Gasteiger partial charge in [-0.15, -0.1) is 0 Å². The Morgan fingerprint density at radius 1 is 1.31 bits per heavy atom. The van der Waals surface area contributed by atoms with Crippen molar-refractivity contribution in [3.63, 3.8) is 0 Å². The average Bonchev–Trinajstić information content (AvgIpc) is 2.12. The number of hydrogen-bond donors (Lipinski definition) is 1. The number of rotatable bonds is 7. The molecule has 0 aromatic rings. The van der Waals surface area contributed by atoms with Crippen LogP contribution in [0, 0.1) is 0 Å². The van der Waals surface area contributed by atoms with Crippen molar-refractivity contribution in [1.82, 2.24) is 5.48 Å². The lowest BCUT2D eigenvalue weighted by molar-refractivity contribution is -0.150. The minimum atomic E-state index is -0.329. The molecule has 1 N–H and O–H groups in total. The molecule has 4 heteroatoms. The smallest absolute Gasteiger partial charge is 0.325 e. The highest BCUT2D eigenvalue weighted by Crippen LogP contribution is 1.99. The monoisotopic (exact) mass is 189 g/mol. The SMILES string of the molecule is CCCC(NOCC)C(=O)OCC. The Hall–Kier alpha value is -0.610. The van der Waals surface area contributed by atoms with Crippen LogP contribution in [0.25, 0.3) is 0 Å². The third kappa shape index (κ3) is 5.60. The van der Waals surface area contributed by atoms with Gasteiger partial charge in [0, 0.05) is 0 Å². The van der Waals surface area contributed by atoms with Crippen LogP contribution in [-0.2, 0) is 14.4 Å². The molecule has 0 spiro atoms. The van der Waals surface area contributed by atoms with Gasteiger partial charge in [0.05, 0.1) is 13.2 Å². The van der Waals surface area contributed by atoms with Crippen molar-refractivity contribution in [2.45, 2.75) is 39.7 Å². The van der Waals surface area contributed by atoms with Crippen LogP contribution in [0.3, 0.4) is 0 Å². The van der Waals surface area contributed by atoms with E-state index in [9.17, 15) is 4.79 Å². The van der Waals surface area contributed by atoms with Crippen LogP contribution in [-0.4, -0.2) is 25.2 Å². The van der Waals surface area contributed by atoms with E-state index < -0.39 is 0 Å². The molecule has 0 amide bonds. The summed E-state index contributed by atoms with van der Waals surface area (Å²) in [4.78, 5) is 16.2. The molecule has 0 fully saturated rings. The van der Waals surface area contributed by atoms with Gasteiger partial charge in [-0.2, -0.15) is 5.48 Å². The lowest BCUT2D eigenvalue weighted by atomic mass is 10.2. The Morgan fingerprint density at radius 2 is 2.00 bits per heavy atom. The largest absolute Gasteiger partial charge is 0.465 e. The highest BCUT2D eigenvalue weighted by Gasteiger charge is 2.17. The molecule has 0 radical (unpaired) electrons. The van der Waals surface area contributed by atoms with Crippen LogP contribution >= 0.6 is 0 Å². The quantitative estimate of drug-likeness (QED) is 0.484. The van der Waals surface area contributed by atoms with E-state index in [0.717, 1.165) is 12.8 Å². The Kier molecular flexibility index (Phi) is 7.63. The minimum absolute atomic E-state index is 0.238. The van der Waals surface area contributed by atoms with Crippen LogP contribution in [0.15, 0.2) is 0 Å². The maximum absolute atomic E-state index is 11.3. The first-order chi connectivity index (χ1) is 6.26. The highest BCUT2D eigenvalue weighted by atomic mass is 16.6. The average molecular weight is 189 g/mol. The van der Waals surface area contributed by atoms with Crippen molar-refractivity contribution in [2.24, 2.45) is 0 Å². The Balaban J connectivity index is 3.83. The summed E-state index contributed by atoms with van der Waals surface area (Å²) in [7, 11) is 0. The summed E-state index contributed by atoms with van der Waals surface area (Å²) in [5.41, 5.74) is 2.68. The van der Waals surface area contributed by atoms with Crippen molar-refractivity contribution in [1.29, 1.82) is 0 Å². The molecule has 0 aliphatic rings. The molecule has 13 heavy (non-hydrogen) atoms. The topological polar surface area (TPSA) is 47.6 Å². The lowest BCUT2D eigenvalue weighted by Gasteiger charge is -2.15. The van der Waals surface area contributed by atoms with E-state index in [0.29, 0.717) is 13.2 Å². The number of ether oxygens (including phenoxy) is 1. The van der Waals surface area contributed by atoms with Crippen molar-refractivity contribution >= 4 is 5.97 Å². The van der Waals surface area contributed by atoms with Crippen molar-refractivity contribution in [2.75, 3.05) is 13.2 Å². The predicted molar refractivity (Wildman–Crippen MR) is 50.1 cm³/mol. The summed E-state index contributed by atoms with van der Waals surface area (Å²) in [6.07, 6.45) is 1.66.